The summed E-state index contributed by atoms with van der Waals surface area (Å²) in [5.41, 5.74) is 2.40. The number of nitrogens with one attached hydrogen (secondary N) is 2. The molecule has 0 aliphatic carbocycles. The number of fused-ring (bicyclic) bond motifs is 1. The predicted molar refractivity (Wildman–Crippen MR) is 139 cm³/mol. The van der Waals surface area contributed by atoms with Gasteiger partial charge in [0.25, 0.3) is 5.91 Å². The van der Waals surface area contributed by atoms with E-state index in [0.29, 0.717) is 35.8 Å². The molecule has 35 heavy (non-hydrogen) atoms. The SMILES string of the molecule is Cc1cc([C@@]2(NC(=O)Nc3ccc4cnccc4c3)CCN(C(=O)c3ccccc3)C2)ccc1Cl. The first-order valence-corrected chi connectivity index (χ1v) is 11.9. The first kappa shape index (κ1) is 22.9. The Balaban J connectivity index is 1.41. The van der Waals surface area contributed by atoms with Crippen LogP contribution in [0.15, 0.2) is 85.2 Å². The van der Waals surface area contributed by atoms with Gasteiger partial charge in [-0.15, -0.1) is 0 Å². The third kappa shape index (κ3) is 4.70. The number of amides is 3. The third-order valence-electron chi connectivity index (χ3n) is 6.54. The Hall–Kier alpha value is -3.90. The van der Waals surface area contributed by atoms with Gasteiger partial charge in [-0.05, 0) is 66.3 Å². The molecule has 6 nitrogen and oxygen atoms in total. The quantitative estimate of drug-likeness (QED) is 0.386. The summed E-state index contributed by atoms with van der Waals surface area (Å²) < 4.78 is 0. The normalized spacial score (nSPS) is 17.4. The molecule has 176 valence electrons. The van der Waals surface area contributed by atoms with Crippen molar-refractivity contribution < 1.29 is 9.59 Å². The summed E-state index contributed by atoms with van der Waals surface area (Å²) in [6.45, 7) is 2.82. The molecule has 1 aliphatic heterocycles. The summed E-state index contributed by atoms with van der Waals surface area (Å²) in [4.78, 5) is 32.3. The Morgan fingerprint density at radius 2 is 1.83 bits per heavy atom. The monoisotopic (exact) mass is 484 g/mol. The number of urea groups is 1. The highest BCUT2D eigenvalue weighted by molar-refractivity contribution is 6.31. The lowest BCUT2D eigenvalue weighted by Crippen LogP contribution is -2.50. The summed E-state index contributed by atoms with van der Waals surface area (Å²) in [5.74, 6) is -0.0523. The van der Waals surface area contributed by atoms with Crippen LogP contribution in [0.2, 0.25) is 5.02 Å². The molecule has 4 aromatic rings. The summed E-state index contributed by atoms with van der Waals surface area (Å²) in [6.07, 6.45) is 4.10. The Morgan fingerprint density at radius 3 is 2.63 bits per heavy atom. The number of benzene rings is 3. The number of likely N-dealkylation sites (tertiary alicyclic amines) is 1. The van der Waals surface area contributed by atoms with Gasteiger partial charge in [0.1, 0.15) is 0 Å². The van der Waals surface area contributed by atoms with Crippen molar-refractivity contribution in [3.8, 4) is 0 Å². The second-order valence-electron chi connectivity index (χ2n) is 8.91. The van der Waals surface area contributed by atoms with Gasteiger partial charge in [-0.25, -0.2) is 4.79 Å². The predicted octanol–water partition coefficient (Wildman–Crippen LogP) is 5.76. The van der Waals surface area contributed by atoms with E-state index >= 15 is 0 Å². The maximum absolute atomic E-state index is 13.2. The maximum atomic E-state index is 13.2. The molecule has 1 saturated heterocycles. The Kier molecular flexibility index (Phi) is 6.14. The molecule has 3 amide bonds. The van der Waals surface area contributed by atoms with Crippen LogP contribution in [0.1, 0.15) is 27.9 Å². The zero-order chi connectivity index (χ0) is 24.4. The van der Waals surface area contributed by atoms with E-state index in [1.165, 1.54) is 0 Å². The number of pyridine rings is 1. The molecule has 0 saturated carbocycles. The van der Waals surface area contributed by atoms with Crippen LogP contribution < -0.4 is 10.6 Å². The topological polar surface area (TPSA) is 74.3 Å². The minimum absolute atomic E-state index is 0.0523. The minimum Gasteiger partial charge on any atom is -0.336 e. The van der Waals surface area contributed by atoms with Crippen LogP contribution in [-0.4, -0.2) is 34.9 Å². The molecular formula is C28H25ClN4O2. The van der Waals surface area contributed by atoms with Crippen molar-refractivity contribution in [2.24, 2.45) is 0 Å². The van der Waals surface area contributed by atoms with Crippen LogP contribution >= 0.6 is 11.6 Å². The van der Waals surface area contributed by atoms with Crippen LogP contribution in [0.3, 0.4) is 0 Å². The summed E-state index contributed by atoms with van der Waals surface area (Å²) in [5, 5.41) is 8.79. The molecule has 0 radical (unpaired) electrons. The number of carbonyl (C=O) groups excluding carboxylic acids is 2. The first-order valence-electron chi connectivity index (χ1n) is 11.5. The molecule has 3 aromatic carbocycles. The lowest BCUT2D eigenvalue weighted by atomic mass is 9.88. The fourth-order valence-electron chi connectivity index (χ4n) is 4.64. The van der Waals surface area contributed by atoms with Gasteiger partial charge in [0.05, 0.1) is 5.54 Å². The fourth-order valence-corrected chi connectivity index (χ4v) is 4.76. The van der Waals surface area contributed by atoms with Gasteiger partial charge in [-0.2, -0.15) is 0 Å². The molecule has 2 N–H and O–H groups in total. The van der Waals surface area contributed by atoms with Crippen LogP contribution in [0, 0.1) is 6.92 Å². The van der Waals surface area contributed by atoms with Crippen molar-refractivity contribution in [1.82, 2.24) is 15.2 Å². The average Bonchev–Trinajstić information content (AvgIpc) is 3.30. The minimum atomic E-state index is -0.745. The van der Waals surface area contributed by atoms with Crippen LogP contribution in [-0.2, 0) is 5.54 Å². The second-order valence-corrected chi connectivity index (χ2v) is 9.31. The van der Waals surface area contributed by atoms with Crippen LogP contribution in [0.5, 0.6) is 0 Å². The van der Waals surface area contributed by atoms with Gasteiger partial charge in [-0.1, -0.05) is 48.0 Å². The van der Waals surface area contributed by atoms with E-state index in [9.17, 15) is 9.59 Å². The smallest absolute Gasteiger partial charge is 0.319 e. The van der Waals surface area contributed by atoms with Gasteiger partial charge in [0.15, 0.2) is 0 Å². The number of aromatic nitrogens is 1. The highest BCUT2D eigenvalue weighted by Gasteiger charge is 2.43. The number of carbonyl (C=O) groups is 2. The molecule has 1 atom stereocenters. The Labute approximate surface area is 208 Å². The largest absolute Gasteiger partial charge is 0.336 e. The van der Waals surface area contributed by atoms with E-state index in [-0.39, 0.29) is 11.9 Å². The van der Waals surface area contributed by atoms with Crippen molar-refractivity contribution in [3.63, 3.8) is 0 Å². The first-order chi connectivity index (χ1) is 16.9. The van der Waals surface area contributed by atoms with Gasteiger partial charge >= 0.3 is 6.03 Å². The molecule has 0 unspecified atom stereocenters. The zero-order valence-electron chi connectivity index (χ0n) is 19.3. The number of halogens is 1. The van der Waals surface area contributed by atoms with E-state index in [4.69, 9.17) is 11.6 Å². The average molecular weight is 485 g/mol. The fraction of sp³-hybridized carbons (Fsp3) is 0.179. The van der Waals surface area contributed by atoms with Crippen LogP contribution in [0.4, 0.5) is 10.5 Å². The molecule has 7 heteroatoms. The summed E-state index contributed by atoms with van der Waals surface area (Å²) in [6, 6.07) is 22.2. The molecule has 2 heterocycles. The Morgan fingerprint density at radius 1 is 1.00 bits per heavy atom. The highest BCUT2D eigenvalue weighted by Crippen LogP contribution is 2.35. The highest BCUT2D eigenvalue weighted by atomic mass is 35.5. The van der Waals surface area contributed by atoms with Gasteiger partial charge in [0, 0.05) is 47.1 Å². The number of rotatable bonds is 4. The van der Waals surface area contributed by atoms with E-state index < -0.39 is 5.54 Å². The summed E-state index contributed by atoms with van der Waals surface area (Å²) in [7, 11) is 0. The van der Waals surface area contributed by atoms with Gasteiger partial charge < -0.3 is 15.5 Å². The van der Waals surface area contributed by atoms with Gasteiger partial charge in [-0.3, -0.25) is 9.78 Å². The summed E-state index contributed by atoms with van der Waals surface area (Å²) >= 11 is 6.28. The lowest BCUT2D eigenvalue weighted by Gasteiger charge is -2.32. The zero-order valence-corrected chi connectivity index (χ0v) is 20.0. The molecule has 5 rings (SSSR count). The number of nitrogens with zero attached hydrogens (tertiary/aromatic N) is 2. The molecular weight excluding hydrogens is 460 g/mol. The van der Waals surface area contributed by atoms with Crippen molar-refractivity contribution in [1.29, 1.82) is 0 Å². The second kappa shape index (κ2) is 9.39. The van der Waals surface area contributed by atoms with Crippen molar-refractivity contribution in [2.45, 2.75) is 18.9 Å². The molecule has 0 spiro atoms. The van der Waals surface area contributed by atoms with E-state index in [2.05, 4.69) is 15.6 Å². The van der Waals surface area contributed by atoms with Crippen molar-refractivity contribution in [2.75, 3.05) is 18.4 Å². The molecule has 1 aromatic heterocycles. The molecule has 0 bridgehead atoms. The van der Waals surface area contributed by atoms with E-state index in [1.807, 2.05) is 79.7 Å². The van der Waals surface area contributed by atoms with Gasteiger partial charge in [0.2, 0.25) is 0 Å². The van der Waals surface area contributed by atoms with Crippen molar-refractivity contribution >= 4 is 40.0 Å². The van der Waals surface area contributed by atoms with E-state index in [1.54, 1.807) is 17.3 Å². The standard InChI is InChI=1S/C28H25ClN4O2/c1-19-15-23(8-10-25(19)29)28(12-14-33(18-28)26(34)20-5-3-2-4-6-20)32-27(35)31-24-9-7-22-17-30-13-11-21(22)16-24/h2-11,13,15-17H,12,14,18H2,1H3,(H2,31,32,35)/t28-/m1/s1. The molecule has 1 fully saturated rings. The number of anilines is 1. The molecule has 1 aliphatic rings. The number of hydrogen-bond acceptors (Lipinski definition) is 3. The van der Waals surface area contributed by atoms with Crippen molar-refractivity contribution in [3.05, 3.63) is 107 Å². The lowest BCUT2D eigenvalue weighted by molar-refractivity contribution is 0.0780. The Bertz CT molecular complexity index is 1410. The third-order valence-corrected chi connectivity index (χ3v) is 6.96. The van der Waals surface area contributed by atoms with Crippen LogP contribution in [0.25, 0.3) is 10.8 Å². The maximum Gasteiger partial charge on any atom is 0.319 e. The van der Waals surface area contributed by atoms with E-state index in [0.717, 1.165) is 21.9 Å². The number of aryl methyl sites for hydroxylation is 1. The number of hydrogen-bond donors (Lipinski definition) is 2.